The number of carbonyl (C=O) groups is 1. The van der Waals surface area contributed by atoms with Crippen molar-refractivity contribution < 1.29 is 39.8 Å². The molecule has 1 aliphatic rings. The van der Waals surface area contributed by atoms with Crippen LogP contribution in [-0.4, -0.2) is 87.5 Å². The number of rotatable bonds is 58. The Bertz CT molecular complexity index is 1790. The van der Waals surface area contributed by atoms with Crippen LogP contribution in [-0.2, 0) is 14.3 Å². The van der Waals surface area contributed by atoms with E-state index >= 15 is 0 Å². The van der Waals surface area contributed by atoms with Crippen LogP contribution in [0, 0.1) is 0 Å². The molecule has 480 valence electrons. The van der Waals surface area contributed by atoms with E-state index in [-0.39, 0.29) is 12.5 Å². The number of allylic oxidation sites excluding steroid dienone is 21. The molecule has 1 saturated heterocycles. The van der Waals surface area contributed by atoms with Crippen LogP contribution in [0.3, 0.4) is 0 Å². The summed E-state index contributed by atoms with van der Waals surface area (Å²) < 4.78 is 11.3. The molecular weight excluding hydrogens is 1040 g/mol. The molecule has 0 saturated carbocycles. The van der Waals surface area contributed by atoms with Gasteiger partial charge in [-0.15, -0.1) is 0 Å². The Hall–Kier alpha value is -3.67. The van der Waals surface area contributed by atoms with Crippen LogP contribution in [0.4, 0.5) is 0 Å². The van der Waals surface area contributed by atoms with E-state index in [2.05, 4.69) is 141 Å². The second-order valence-electron chi connectivity index (χ2n) is 23.2. The summed E-state index contributed by atoms with van der Waals surface area (Å²) in [7, 11) is 0. The number of aliphatic hydroxyl groups is 5. The lowest BCUT2D eigenvalue weighted by atomic mass is 9.99. The van der Waals surface area contributed by atoms with Crippen LogP contribution < -0.4 is 5.32 Å². The predicted molar refractivity (Wildman–Crippen MR) is 359 cm³/mol. The van der Waals surface area contributed by atoms with Crippen LogP contribution >= 0.6 is 0 Å². The highest BCUT2D eigenvalue weighted by molar-refractivity contribution is 5.76. The van der Waals surface area contributed by atoms with Crippen molar-refractivity contribution in [2.45, 2.75) is 320 Å². The topological polar surface area (TPSA) is 149 Å². The third kappa shape index (κ3) is 50.5. The van der Waals surface area contributed by atoms with Crippen molar-refractivity contribution in [3.8, 4) is 0 Å². The highest BCUT2D eigenvalue weighted by atomic mass is 16.7. The second kappa shape index (κ2) is 62.4. The van der Waals surface area contributed by atoms with Gasteiger partial charge in [-0.25, -0.2) is 0 Å². The Labute approximate surface area is 515 Å². The third-order valence-electron chi connectivity index (χ3n) is 15.4. The zero-order valence-corrected chi connectivity index (χ0v) is 53.6. The molecular formula is C75H127NO8. The van der Waals surface area contributed by atoms with Gasteiger partial charge in [0.15, 0.2) is 6.29 Å². The molecule has 1 rings (SSSR count). The van der Waals surface area contributed by atoms with Crippen LogP contribution in [0.2, 0.25) is 0 Å². The van der Waals surface area contributed by atoms with Gasteiger partial charge >= 0.3 is 0 Å². The van der Waals surface area contributed by atoms with Gasteiger partial charge in [-0.2, -0.15) is 0 Å². The molecule has 0 bridgehead atoms. The van der Waals surface area contributed by atoms with Gasteiger partial charge in [-0.05, 0) is 109 Å². The van der Waals surface area contributed by atoms with E-state index in [0.29, 0.717) is 6.42 Å². The molecule has 9 heteroatoms. The molecule has 1 aliphatic heterocycles. The molecule has 0 aromatic carbocycles. The fraction of sp³-hybridized carbons (Fsp3) is 0.693. The zero-order chi connectivity index (χ0) is 60.7. The van der Waals surface area contributed by atoms with E-state index in [1.807, 2.05) is 6.08 Å². The highest BCUT2D eigenvalue weighted by Crippen LogP contribution is 2.23. The van der Waals surface area contributed by atoms with Crippen LogP contribution in [0.5, 0.6) is 0 Å². The van der Waals surface area contributed by atoms with Crippen molar-refractivity contribution in [1.29, 1.82) is 0 Å². The average Bonchev–Trinajstić information content (AvgIpc) is 3.70. The number of amides is 1. The Morgan fingerprint density at radius 3 is 1.14 bits per heavy atom. The lowest BCUT2D eigenvalue weighted by molar-refractivity contribution is -0.302. The van der Waals surface area contributed by atoms with Crippen LogP contribution in [0.1, 0.15) is 277 Å². The maximum atomic E-state index is 13.1. The first-order valence-corrected chi connectivity index (χ1v) is 34.4. The summed E-state index contributed by atoms with van der Waals surface area (Å²) in [6.45, 7) is 3.66. The molecule has 0 aliphatic carbocycles. The number of hydrogen-bond donors (Lipinski definition) is 6. The minimum absolute atomic E-state index is 0.199. The Kier molecular flexibility index (Phi) is 58.2. The summed E-state index contributed by atoms with van der Waals surface area (Å²) in [5.41, 5.74) is 0. The maximum absolute atomic E-state index is 13.1. The van der Waals surface area contributed by atoms with Crippen LogP contribution in [0.25, 0.3) is 0 Å². The van der Waals surface area contributed by atoms with Gasteiger partial charge in [-0.1, -0.05) is 295 Å². The summed E-state index contributed by atoms with van der Waals surface area (Å²) in [6.07, 6.45) is 88.3. The van der Waals surface area contributed by atoms with Crippen LogP contribution in [0.15, 0.2) is 134 Å². The number of ether oxygens (including phenoxy) is 2. The smallest absolute Gasteiger partial charge is 0.220 e. The van der Waals surface area contributed by atoms with Gasteiger partial charge < -0.3 is 40.3 Å². The molecule has 1 amide bonds. The summed E-state index contributed by atoms with van der Waals surface area (Å²) >= 11 is 0. The first-order valence-electron chi connectivity index (χ1n) is 34.4. The molecule has 9 nitrogen and oxygen atoms in total. The Morgan fingerprint density at radius 2 is 0.750 bits per heavy atom. The van der Waals surface area contributed by atoms with Gasteiger partial charge in [-0.3, -0.25) is 4.79 Å². The van der Waals surface area contributed by atoms with E-state index in [1.165, 1.54) is 141 Å². The largest absolute Gasteiger partial charge is 0.394 e. The fourth-order valence-electron chi connectivity index (χ4n) is 10.1. The van der Waals surface area contributed by atoms with Crippen molar-refractivity contribution in [3.05, 3.63) is 134 Å². The molecule has 1 heterocycles. The summed E-state index contributed by atoms with van der Waals surface area (Å²) in [5.74, 6) is -0.199. The van der Waals surface area contributed by atoms with Gasteiger partial charge in [0.2, 0.25) is 5.91 Å². The fourth-order valence-corrected chi connectivity index (χ4v) is 10.1. The van der Waals surface area contributed by atoms with Crippen molar-refractivity contribution >= 4 is 5.91 Å². The van der Waals surface area contributed by atoms with Gasteiger partial charge in [0.25, 0.3) is 0 Å². The van der Waals surface area contributed by atoms with Crippen molar-refractivity contribution in [2.75, 3.05) is 13.2 Å². The van der Waals surface area contributed by atoms with E-state index in [9.17, 15) is 30.3 Å². The number of nitrogens with one attached hydrogen (secondary N) is 1. The summed E-state index contributed by atoms with van der Waals surface area (Å²) in [4.78, 5) is 13.1. The monoisotopic (exact) mass is 1170 g/mol. The van der Waals surface area contributed by atoms with Crippen molar-refractivity contribution in [2.24, 2.45) is 0 Å². The minimum atomic E-state index is -1.58. The van der Waals surface area contributed by atoms with Crippen molar-refractivity contribution in [3.63, 3.8) is 0 Å². The average molecular weight is 1170 g/mol. The third-order valence-corrected chi connectivity index (χ3v) is 15.4. The molecule has 84 heavy (non-hydrogen) atoms. The van der Waals surface area contributed by atoms with E-state index in [1.54, 1.807) is 6.08 Å². The number of unbranched alkanes of at least 4 members (excludes halogenated alkanes) is 28. The lowest BCUT2D eigenvalue weighted by Crippen LogP contribution is -2.60. The van der Waals surface area contributed by atoms with Gasteiger partial charge in [0.1, 0.15) is 24.4 Å². The minimum Gasteiger partial charge on any atom is -0.394 e. The molecule has 7 atom stereocenters. The standard InChI is InChI=1S/C75H127NO8/c1-3-5-7-9-11-13-15-17-19-21-23-25-27-29-31-32-33-34-35-36-37-38-39-41-43-45-47-49-51-53-55-57-59-61-63-65-71(79)76-68(67-83-75-74(82)73(81)72(80)70(66-77)84-75)69(78)64-62-60-58-56-54-52-50-48-46-44-42-40-30-28-26-24-22-20-18-16-14-12-10-8-6-4-2/h5,7,11,13,17,19,23,25,29,31,33-34,36-37,39,41,46,48,54,56,62,64,68-70,72-75,77-78,80-82H,3-4,6,8-10,12,14-16,18,20-22,24,26-28,30,32,35,38,40,42-45,47,49-53,55,57-61,63,65-67H2,1-2H3,(H,76,79)/b7-5-,13-11-,19-17-,25-23-,31-29-,34-33-,37-36-,41-39-,48-46+,56-54+,64-62+. The molecule has 0 spiro atoms. The summed E-state index contributed by atoms with van der Waals surface area (Å²) in [6, 6.07) is -0.842. The Balaban J connectivity index is 2.20. The second-order valence-corrected chi connectivity index (χ2v) is 23.2. The summed E-state index contributed by atoms with van der Waals surface area (Å²) in [5, 5.41) is 54.7. The molecule has 6 N–H and O–H groups in total. The predicted octanol–water partition coefficient (Wildman–Crippen LogP) is 18.8. The maximum Gasteiger partial charge on any atom is 0.220 e. The lowest BCUT2D eigenvalue weighted by Gasteiger charge is -2.40. The highest BCUT2D eigenvalue weighted by Gasteiger charge is 2.44. The number of aliphatic hydroxyl groups excluding tert-OH is 5. The SMILES string of the molecule is CC/C=C\C/C=C\C/C=C\C/C=C\C/C=C\C/C=C\C/C=C\C/C=C\CCCCCCCCCCCCC(=O)NC(COC1OC(CO)C(O)C(O)C1O)C(O)/C=C/CC/C=C/CC/C=C/CCCCCCCCCCCCCCCCCC. The first kappa shape index (κ1) is 78.3. The van der Waals surface area contributed by atoms with E-state index in [4.69, 9.17) is 9.47 Å². The van der Waals surface area contributed by atoms with Gasteiger partial charge in [0.05, 0.1) is 25.4 Å². The van der Waals surface area contributed by atoms with Gasteiger partial charge in [0, 0.05) is 6.42 Å². The first-order chi connectivity index (χ1) is 41.3. The molecule has 0 aromatic rings. The van der Waals surface area contributed by atoms with E-state index in [0.717, 1.165) is 116 Å². The quantitative estimate of drug-likeness (QED) is 0.0261. The zero-order valence-electron chi connectivity index (χ0n) is 53.6. The molecule has 0 radical (unpaired) electrons. The Morgan fingerprint density at radius 1 is 0.417 bits per heavy atom. The molecule has 1 fully saturated rings. The van der Waals surface area contributed by atoms with Crippen molar-refractivity contribution in [1.82, 2.24) is 5.32 Å². The molecule has 7 unspecified atom stereocenters. The normalized spacial score (nSPS) is 19.1. The number of hydrogen-bond acceptors (Lipinski definition) is 8. The number of carbonyl (C=O) groups excluding carboxylic acids is 1. The molecule has 0 aromatic heterocycles. The van der Waals surface area contributed by atoms with E-state index < -0.39 is 49.5 Å².